The van der Waals surface area contributed by atoms with Gasteiger partial charge in [0.1, 0.15) is 10.0 Å². The van der Waals surface area contributed by atoms with Gasteiger partial charge in [-0.2, -0.15) is 0 Å². The van der Waals surface area contributed by atoms with Gasteiger partial charge in [-0.15, -0.1) is 0 Å². The van der Waals surface area contributed by atoms with Gasteiger partial charge in [-0.1, -0.05) is 11.6 Å². The Kier molecular flexibility index (Phi) is 6.19. The quantitative estimate of drug-likeness (QED) is 0.616. The lowest BCUT2D eigenvalue weighted by atomic mass is 10.3. The number of aromatic nitrogens is 1. The van der Waals surface area contributed by atoms with E-state index in [1.165, 1.54) is 18.3 Å². The Morgan fingerprint density at radius 3 is 2.63 bits per heavy atom. The molecule has 0 amide bonds. The third-order valence-corrected chi connectivity index (χ3v) is 4.54. The molecule has 7 heteroatoms. The smallest absolute Gasteiger partial charge is 0.242 e. The summed E-state index contributed by atoms with van der Waals surface area (Å²) in [6, 6.07) is 3.36. The molecule has 1 heterocycles. The van der Waals surface area contributed by atoms with Crippen LogP contribution in [0.25, 0.3) is 0 Å². The second-order valence-corrected chi connectivity index (χ2v) is 6.80. The molecule has 0 saturated heterocycles. The fourth-order valence-corrected chi connectivity index (χ4v) is 2.53. The number of rotatable bonds is 7. The fourth-order valence-electron chi connectivity index (χ4n) is 1.40. The molecule has 0 aliphatic rings. The molecule has 1 aromatic heterocycles. The number of hydrogen-bond acceptors (Lipinski definition) is 4. The van der Waals surface area contributed by atoms with Crippen LogP contribution in [0, 0.1) is 0 Å². The minimum absolute atomic E-state index is 0.133. The summed E-state index contributed by atoms with van der Waals surface area (Å²) in [5, 5.41) is 0.275. The van der Waals surface area contributed by atoms with Crippen LogP contribution in [-0.4, -0.2) is 44.5 Å². The van der Waals surface area contributed by atoms with E-state index in [-0.39, 0.29) is 10.0 Å². The minimum atomic E-state index is -3.48. The van der Waals surface area contributed by atoms with Crippen molar-refractivity contribution in [3.05, 3.63) is 23.5 Å². The molecule has 19 heavy (non-hydrogen) atoms. The summed E-state index contributed by atoms with van der Waals surface area (Å²) in [6.07, 6.45) is 2.01. The molecule has 0 saturated carbocycles. The number of halogens is 1. The van der Waals surface area contributed by atoms with Crippen LogP contribution < -0.4 is 4.72 Å². The Morgan fingerprint density at radius 1 is 1.42 bits per heavy atom. The number of sulfonamides is 1. The largest absolute Gasteiger partial charge is 0.304 e. The molecule has 1 rings (SSSR count). The first-order valence-corrected chi connectivity index (χ1v) is 8.00. The van der Waals surface area contributed by atoms with Crippen molar-refractivity contribution < 1.29 is 8.42 Å². The molecular formula is C12H20ClN3O2S. The van der Waals surface area contributed by atoms with Crippen molar-refractivity contribution in [1.29, 1.82) is 0 Å². The van der Waals surface area contributed by atoms with Gasteiger partial charge in [0.05, 0.1) is 0 Å². The summed E-state index contributed by atoms with van der Waals surface area (Å²) < 4.78 is 26.4. The van der Waals surface area contributed by atoms with Crippen molar-refractivity contribution in [2.24, 2.45) is 0 Å². The standard InChI is InChI=1S/C12H20ClN3O2S/c1-10(2)16(3)8-4-7-15-19(17,18)11-5-6-12(13)14-9-11/h5-6,9-10,15H,4,7-8H2,1-3H3. The first-order valence-electron chi connectivity index (χ1n) is 6.14. The number of hydrogen-bond donors (Lipinski definition) is 1. The van der Waals surface area contributed by atoms with E-state index in [0.717, 1.165) is 13.0 Å². The normalized spacial score (nSPS) is 12.3. The Balaban J connectivity index is 2.46. The van der Waals surface area contributed by atoms with Crippen LogP contribution in [0.4, 0.5) is 0 Å². The van der Waals surface area contributed by atoms with E-state index >= 15 is 0 Å². The summed E-state index contributed by atoms with van der Waals surface area (Å²) in [5.41, 5.74) is 0. The van der Waals surface area contributed by atoms with Crippen molar-refractivity contribution >= 4 is 21.6 Å². The van der Waals surface area contributed by atoms with Crippen LogP contribution in [0.2, 0.25) is 5.15 Å². The molecule has 0 aromatic carbocycles. The van der Waals surface area contributed by atoms with Crippen LogP contribution in [0.1, 0.15) is 20.3 Å². The first kappa shape index (κ1) is 16.4. The van der Waals surface area contributed by atoms with E-state index in [2.05, 4.69) is 28.5 Å². The SMILES string of the molecule is CC(C)N(C)CCCNS(=O)(=O)c1ccc(Cl)nc1. The molecule has 1 aromatic rings. The summed E-state index contributed by atoms with van der Waals surface area (Å²) in [5.74, 6) is 0. The molecular weight excluding hydrogens is 286 g/mol. The highest BCUT2D eigenvalue weighted by atomic mass is 35.5. The summed E-state index contributed by atoms with van der Waals surface area (Å²) in [4.78, 5) is 6.06. The van der Waals surface area contributed by atoms with E-state index in [0.29, 0.717) is 12.6 Å². The van der Waals surface area contributed by atoms with Crippen molar-refractivity contribution in [1.82, 2.24) is 14.6 Å². The van der Waals surface area contributed by atoms with Gasteiger partial charge in [-0.25, -0.2) is 18.1 Å². The maximum atomic E-state index is 11.9. The van der Waals surface area contributed by atoms with Gasteiger partial charge in [0, 0.05) is 18.8 Å². The van der Waals surface area contributed by atoms with Crippen LogP contribution in [0.3, 0.4) is 0 Å². The van der Waals surface area contributed by atoms with Gasteiger partial charge >= 0.3 is 0 Å². The highest BCUT2D eigenvalue weighted by Gasteiger charge is 2.13. The number of nitrogens with one attached hydrogen (secondary N) is 1. The van der Waals surface area contributed by atoms with Crippen LogP contribution >= 0.6 is 11.6 Å². The summed E-state index contributed by atoms with van der Waals surface area (Å²) in [7, 11) is -1.47. The van der Waals surface area contributed by atoms with Crippen molar-refractivity contribution in [3.63, 3.8) is 0 Å². The Morgan fingerprint density at radius 2 is 2.11 bits per heavy atom. The molecule has 0 radical (unpaired) electrons. The van der Waals surface area contributed by atoms with E-state index in [4.69, 9.17) is 11.6 Å². The van der Waals surface area contributed by atoms with Crippen molar-refractivity contribution in [2.45, 2.75) is 31.2 Å². The van der Waals surface area contributed by atoms with Crippen molar-refractivity contribution in [3.8, 4) is 0 Å². The molecule has 0 fully saturated rings. The topological polar surface area (TPSA) is 62.3 Å². The summed E-state index contributed by atoms with van der Waals surface area (Å²) >= 11 is 5.62. The molecule has 5 nitrogen and oxygen atoms in total. The van der Waals surface area contributed by atoms with E-state index in [1.54, 1.807) is 0 Å². The van der Waals surface area contributed by atoms with Gasteiger partial charge in [0.25, 0.3) is 0 Å². The van der Waals surface area contributed by atoms with Crippen molar-refractivity contribution in [2.75, 3.05) is 20.1 Å². The molecule has 0 aliphatic carbocycles. The minimum Gasteiger partial charge on any atom is -0.304 e. The maximum absolute atomic E-state index is 11.9. The van der Waals surface area contributed by atoms with E-state index in [9.17, 15) is 8.42 Å². The second-order valence-electron chi connectivity index (χ2n) is 4.64. The predicted molar refractivity (Wildman–Crippen MR) is 76.8 cm³/mol. The van der Waals surface area contributed by atoms with Gasteiger partial charge in [0.2, 0.25) is 10.0 Å². The number of nitrogens with zero attached hydrogens (tertiary/aromatic N) is 2. The van der Waals surface area contributed by atoms with Gasteiger partial charge in [-0.3, -0.25) is 0 Å². The van der Waals surface area contributed by atoms with E-state index in [1.807, 2.05) is 7.05 Å². The molecule has 0 atom stereocenters. The lowest BCUT2D eigenvalue weighted by Crippen LogP contribution is -2.31. The molecule has 108 valence electrons. The molecule has 0 unspecified atom stereocenters. The Hall–Kier alpha value is -0.690. The number of pyridine rings is 1. The molecule has 0 aliphatic heterocycles. The Labute approximate surface area is 120 Å². The predicted octanol–water partition coefficient (Wildman–Crippen LogP) is 1.74. The molecule has 0 spiro atoms. The fraction of sp³-hybridized carbons (Fsp3) is 0.583. The van der Waals surface area contributed by atoms with E-state index < -0.39 is 10.0 Å². The highest BCUT2D eigenvalue weighted by Crippen LogP contribution is 2.10. The zero-order valence-corrected chi connectivity index (χ0v) is 13.0. The highest BCUT2D eigenvalue weighted by molar-refractivity contribution is 7.89. The monoisotopic (exact) mass is 305 g/mol. The average molecular weight is 306 g/mol. The maximum Gasteiger partial charge on any atom is 0.242 e. The van der Waals surface area contributed by atoms with Gasteiger partial charge in [0.15, 0.2) is 0 Å². The second kappa shape index (κ2) is 7.19. The third-order valence-electron chi connectivity index (χ3n) is 2.87. The van der Waals surface area contributed by atoms with Gasteiger partial charge < -0.3 is 4.90 Å². The third kappa shape index (κ3) is 5.44. The first-order chi connectivity index (χ1) is 8.83. The molecule has 0 bridgehead atoms. The lowest BCUT2D eigenvalue weighted by Gasteiger charge is -2.20. The van der Waals surface area contributed by atoms with Crippen LogP contribution in [-0.2, 0) is 10.0 Å². The molecule has 1 N–H and O–H groups in total. The zero-order chi connectivity index (χ0) is 14.5. The average Bonchev–Trinajstić information content (AvgIpc) is 2.34. The Bertz CT molecular complexity index is 488. The van der Waals surface area contributed by atoms with Crippen LogP contribution in [0.5, 0.6) is 0 Å². The lowest BCUT2D eigenvalue weighted by molar-refractivity contribution is 0.271. The zero-order valence-electron chi connectivity index (χ0n) is 11.4. The van der Waals surface area contributed by atoms with Crippen LogP contribution in [0.15, 0.2) is 23.2 Å². The van der Waals surface area contributed by atoms with Gasteiger partial charge in [-0.05, 0) is 46.0 Å². The summed E-state index contributed by atoms with van der Waals surface area (Å²) in [6.45, 7) is 5.45.